The molecule has 0 aliphatic carbocycles. The average molecular weight is 244 g/mol. The van der Waals surface area contributed by atoms with Crippen molar-refractivity contribution in [2.45, 2.75) is 57.4 Å². The van der Waals surface area contributed by atoms with Gasteiger partial charge in [0, 0.05) is 11.3 Å². The summed E-state index contributed by atoms with van der Waals surface area (Å²) in [5.74, 6) is 0.999. The Morgan fingerprint density at radius 2 is 2.06 bits per heavy atom. The van der Waals surface area contributed by atoms with E-state index in [-0.39, 0.29) is 6.61 Å². The van der Waals surface area contributed by atoms with Crippen LogP contribution in [0.4, 0.5) is 0 Å². The van der Waals surface area contributed by atoms with Gasteiger partial charge in [0.25, 0.3) is 0 Å². The lowest BCUT2D eigenvalue weighted by Crippen LogP contribution is -2.45. The lowest BCUT2D eigenvalue weighted by molar-refractivity contribution is 0.300. The van der Waals surface area contributed by atoms with Gasteiger partial charge >= 0.3 is 0 Å². The fourth-order valence-electron chi connectivity index (χ4n) is 1.56. The number of hydrogen-bond acceptors (Lipinski definition) is 4. The highest BCUT2D eigenvalue weighted by atomic mass is 32.2. The van der Waals surface area contributed by atoms with Crippen LogP contribution >= 0.6 is 11.8 Å². The first kappa shape index (κ1) is 15.8. The SMILES string of the molecule is CC(C)NC(C)(C#N)CCCSC(C)CO. The van der Waals surface area contributed by atoms with Gasteiger partial charge in [-0.1, -0.05) is 6.92 Å². The molecule has 0 amide bonds. The van der Waals surface area contributed by atoms with E-state index in [0.29, 0.717) is 11.3 Å². The first-order chi connectivity index (χ1) is 7.43. The normalized spacial score (nSPS) is 16.8. The molecule has 0 aliphatic heterocycles. The van der Waals surface area contributed by atoms with Crippen molar-refractivity contribution >= 4 is 11.8 Å². The van der Waals surface area contributed by atoms with Crippen molar-refractivity contribution < 1.29 is 5.11 Å². The highest BCUT2D eigenvalue weighted by molar-refractivity contribution is 7.99. The summed E-state index contributed by atoms with van der Waals surface area (Å²) in [4.78, 5) is 0. The van der Waals surface area contributed by atoms with Crippen LogP contribution in [-0.4, -0.2) is 34.3 Å². The summed E-state index contributed by atoms with van der Waals surface area (Å²) in [5, 5.41) is 21.6. The molecule has 3 nitrogen and oxygen atoms in total. The number of nitriles is 1. The van der Waals surface area contributed by atoms with Crippen LogP contribution < -0.4 is 5.32 Å². The number of thioether (sulfide) groups is 1. The summed E-state index contributed by atoms with van der Waals surface area (Å²) in [7, 11) is 0. The van der Waals surface area contributed by atoms with Crippen LogP contribution in [0.15, 0.2) is 0 Å². The monoisotopic (exact) mass is 244 g/mol. The summed E-state index contributed by atoms with van der Waals surface area (Å²) >= 11 is 1.76. The Hall–Kier alpha value is -0.240. The minimum atomic E-state index is -0.419. The van der Waals surface area contributed by atoms with Gasteiger partial charge in [0.05, 0.1) is 12.7 Å². The third kappa shape index (κ3) is 7.10. The first-order valence-electron chi connectivity index (χ1n) is 5.85. The molecule has 0 saturated heterocycles. The molecule has 2 unspecified atom stereocenters. The first-order valence-corrected chi connectivity index (χ1v) is 6.90. The summed E-state index contributed by atoms with van der Waals surface area (Å²) in [5.41, 5.74) is -0.419. The van der Waals surface area contributed by atoms with E-state index in [1.807, 2.05) is 13.8 Å². The Kier molecular flexibility index (Phi) is 7.82. The number of aliphatic hydroxyl groups is 1. The van der Waals surface area contributed by atoms with Crippen LogP contribution in [0.3, 0.4) is 0 Å². The topological polar surface area (TPSA) is 56.0 Å². The van der Waals surface area contributed by atoms with Crippen LogP contribution in [0.5, 0.6) is 0 Å². The van der Waals surface area contributed by atoms with E-state index in [4.69, 9.17) is 10.4 Å². The lowest BCUT2D eigenvalue weighted by Gasteiger charge is -2.25. The van der Waals surface area contributed by atoms with E-state index in [0.717, 1.165) is 18.6 Å². The molecule has 4 heteroatoms. The van der Waals surface area contributed by atoms with Gasteiger partial charge in [-0.3, -0.25) is 5.32 Å². The van der Waals surface area contributed by atoms with Crippen molar-refractivity contribution in [1.29, 1.82) is 5.26 Å². The van der Waals surface area contributed by atoms with Crippen molar-refractivity contribution in [2.75, 3.05) is 12.4 Å². The van der Waals surface area contributed by atoms with Crippen molar-refractivity contribution in [3.8, 4) is 6.07 Å². The third-order valence-corrected chi connectivity index (χ3v) is 3.58. The van der Waals surface area contributed by atoms with Crippen molar-refractivity contribution in [3.63, 3.8) is 0 Å². The maximum Gasteiger partial charge on any atom is 0.104 e. The maximum absolute atomic E-state index is 9.13. The predicted molar refractivity (Wildman–Crippen MR) is 70.5 cm³/mol. The number of hydrogen-bond donors (Lipinski definition) is 2. The van der Waals surface area contributed by atoms with E-state index >= 15 is 0 Å². The Labute approximate surface area is 104 Å². The fraction of sp³-hybridized carbons (Fsp3) is 0.917. The largest absolute Gasteiger partial charge is 0.395 e. The molecule has 16 heavy (non-hydrogen) atoms. The number of aliphatic hydroxyl groups excluding tert-OH is 1. The summed E-state index contributed by atoms with van der Waals surface area (Å²) < 4.78 is 0. The second-order valence-electron chi connectivity index (χ2n) is 4.71. The van der Waals surface area contributed by atoms with Crippen LogP contribution in [0.2, 0.25) is 0 Å². The Bertz CT molecular complexity index is 228. The molecule has 0 saturated carbocycles. The summed E-state index contributed by atoms with van der Waals surface area (Å²) in [6.07, 6.45) is 1.85. The Morgan fingerprint density at radius 1 is 1.44 bits per heavy atom. The third-order valence-electron chi connectivity index (χ3n) is 2.33. The van der Waals surface area contributed by atoms with Gasteiger partial charge in [-0.2, -0.15) is 17.0 Å². The minimum absolute atomic E-state index is 0.227. The molecule has 0 fully saturated rings. The molecule has 0 heterocycles. The second kappa shape index (κ2) is 7.94. The molecule has 0 aliphatic rings. The molecular formula is C12H24N2OS. The average Bonchev–Trinajstić information content (AvgIpc) is 2.23. The zero-order chi connectivity index (χ0) is 12.6. The molecule has 0 aromatic rings. The van der Waals surface area contributed by atoms with Crippen LogP contribution in [0.1, 0.15) is 40.5 Å². The van der Waals surface area contributed by atoms with Gasteiger partial charge < -0.3 is 5.11 Å². The van der Waals surface area contributed by atoms with Gasteiger partial charge in [0.1, 0.15) is 5.54 Å². The quantitative estimate of drug-likeness (QED) is 0.642. The highest BCUT2D eigenvalue weighted by Crippen LogP contribution is 2.17. The summed E-state index contributed by atoms with van der Waals surface area (Å²) in [6, 6.07) is 2.67. The highest BCUT2D eigenvalue weighted by Gasteiger charge is 2.23. The van der Waals surface area contributed by atoms with Crippen molar-refractivity contribution in [3.05, 3.63) is 0 Å². The van der Waals surface area contributed by atoms with Gasteiger partial charge in [0.2, 0.25) is 0 Å². The van der Waals surface area contributed by atoms with E-state index in [1.54, 1.807) is 11.8 Å². The molecule has 0 aromatic heterocycles. The van der Waals surface area contributed by atoms with Gasteiger partial charge in [-0.15, -0.1) is 0 Å². The van der Waals surface area contributed by atoms with Crippen LogP contribution in [0.25, 0.3) is 0 Å². The summed E-state index contributed by atoms with van der Waals surface area (Å²) in [6.45, 7) is 8.30. The molecule has 2 N–H and O–H groups in total. The minimum Gasteiger partial charge on any atom is -0.395 e. The van der Waals surface area contributed by atoms with Crippen molar-refractivity contribution in [2.24, 2.45) is 0 Å². The molecule has 0 rings (SSSR count). The lowest BCUT2D eigenvalue weighted by atomic mass is 9.97. The molecule has 0 spiro atoms. The number of nitrogens with one attached hydrogen (secondary N) is 1. The Morgan fingerprint density at radius 3 is 2.50 bits per heavy atom. The van der Waals surface area contributed by atoms with Gasteiger partial charge in [-0.05, 0) is 39.4 Å². The fourth-order valence-corrected chi connectivity index (χ4v) is 2.38. The molecule has 94 valence electrons. The van der Waals surface area contributed by atoms with E-state index < -0.39 is 5.54 Å². The van der Waals surface area contributed by atoms with Gasteiger partial charge in [0.15, 0.2) is 0 Å². The molecule has 0 aromatic carbocycles. The molecule has 0 bridgehead atoms. The van der Waals surface area contributed by atoms with Crippen LogP contribution in [0, 0.1) is 11.3 Å². The molecule has 0 radical (unpaired) electrons. The second-order valence-corrected chi connectivity index (χ2v) is 6.26. The van der Waals surface area contributed by atoms with E-state index in [9.17, 15) is 0 Å². The van der Waals surface area contributed by atoms with E-state index in [1.165, 1.54) is 0 Å². The Balaban J connectivity index is 3.84. The van der Waals surface area contributed by atoms with Gasteiger partial charge in [-0.25, -0.2) is 0 Å². The number of nitrogens with zero attached hydrogens (tertiary/aromatic N) is 1. The molecular weight excluding hydrogens is 220 g/mol. The zero-order valence-corrected chi connectivity index (χ0v) is 11.6. The smallest absolute Gasteiger partial charge is 0.104 e. The van der Waals surface area contributed by atoms with E-state index in [2.05, 4.69) is 25.2 Å². The molecule has 2 atom stereocenters. The zero-order valence-electron chi connectivity index (χ0n) is 10.8. The maximum atomic E-state index is 9.13. The standard InChI is InChI=1S/C12H24N2OS/c1-10(2)14-12(4,9-13)6-5-7-16-11(3)8-15/h10-11,14-15H,5-8H2,1-4H3. The predicted octanol–water partition coefficient (Wildman–Crippen LogP) is 2.16. The number of rotatable bonds is 8. The van der Waals surface area contributed by atoms with Crippen LogP contribution in [-0.2, 0) is 0 Å². The van der Waals surface area contributed by atoms with Crippen molar-refractivity contribution in [1.82, 2.24) is 5.32 Å².